The highest BCUT2D eigenvalue weighted by Gasteiger charge is 2.06. The van der Waals surface area contributed by atoms with Gasteiger partial charge in [-0.1, -0.05) is 6.07 Å². The molecule has 2 heterocycles. The van der Waals surface area contributed by atoms with Gasteiger partial charge in [0.05, 0.1) is 11.4 Å². The summed E-state index contributed by atoms with van der Waals surface area (Å²) in [5.41, 5.74) is 3.02. The lowest BCUT2D eigenvalue weighted by molar-refractivity contribution is 0.102. The van der Waals surface area contributed by atoms with Crippen LogP contribution in [0.25, 0.3) is 5.69 Å². The maximum absolute atomic E-state index is 12.0. The van der Waals surface area contributed by atoms with E-state index in [9.17, 15) is 4.79 Å². The standard InChI is InChI=1S/C16H14N4O/c1-12-9-11-20(19-12)14-7-5-13(6-8-14)18-16(21)15-4-2-3-10-17-15/h2-11H,1H3,(H,18,21). The SMILES string of the molecule is Cc1ccn(-c2ccc(NC(=O)c3ccccn3)cc2)n1. The molecule has 1 amide bonds. The second-order valence-electron chi connectivity index (χ2n) is 4.62. The van der Waals surface area contributed by atoms with Gasteiger partial charge in [-0.25, -0.2) is 4.68 Å². The van der Waals surface area contributed by atoms with Crippen molar-refractivity contribution in [1.29, 1.82) is 0 Å². The van der Waals surface area contributed by atoms with Crippen molar-refractivity contribution in [3.8, 4) is 5.69 Å². The average Bonchev–Trinajstić information content (AvgIpc) is 2.95. The number of rotatable bonds is 3. The van der Waals surface area contributed by atoms with Crippen molar-refractivity contribution < 1.29 is 4.79 Å². The highest BCUT2D eigenvalue weighted by molar-refractivity contribution is 6.02. The van der Waals surface area contributed by atoms with Crippen LogP contribution in [0.3, 0.4) is 0 Å². The van der Waals surface area contributed by atoms with E-state index in [-0.39, 0.29) is 5.91 Å². The molecular weight excluding hydrogens is 264 g/mol. The van der Waals surface area contributed by atoms with Gasteiger partial charge in [-0.3, -0.25) is 9.78 Å². The van der Waals surface area contributed by atoms with E-state index in [4.69, 9.17) is 0 Å². The van der Waals surface area contributed by atoms with Crippen LogP contribution < -0.4 is 5.32 Å². The predicted molar refractivity (Wildman–Crippen MR) is 80.5 cm³/mol. The number of hydrogen-bond donors (Lipinski definition) is 1. The zero-order chi connectivity index (χ0) is 14.7. The molecule has 0 aliphatic carbocycles. The number of anilines is 1. The van der Waals surface area contributed by atoms with E-state index >= 15 is 0 Å². The Kier molecular flexibility index (Phi) is 3.47. The third-order valence-electron chi connectivity index (χ3n) is 3.01. The molecule has 5 heteroatoms. The molecule has 0 aliphatic heterocycles. The number of nitrogens with one attached hydrogen (secondary N) is 1. The van der Waals surface area contributed by atoms with Crippen LogP contribution >= 0.6 is 0 Å². The highest BCUT2D eigenvalue weighted by atomic mass is 16.1. The van der Waals surface area contributed by atoms with E-state index in [1.165, 1.54) is 0 Å². The molecule has 0 saturated carbocycles. The summed E-state index contributed by atoms with van der Waals surface area (Å²) in [6, 6.07) is 14.7. The normalized spacial score (nSPS) is 10.3. The van der Waals surface area contributed by atoms with Crippen molar-refractivity contribution in [3.63, 3.8) is 0 Å². The number of hydrogen-bond acceptors (Lipinski definition) is 3. The third kappa shape index (κ3) is 2.97. The van der Waals surface area contributed by atoms with Crippen LogP contribution in [0.4, 0.5) is 5.69 Å². The van der Waals surface area contributed by atoms with Crippen LogP contribution in [-0.4, -0.2) is 20.7 Å². The van der Waals surface area contributed by atoms with Gasteiger partial charge in [0.15, 0.2) is 0 Å². The fourth-order valence-electron chi connectivity index (χ4n) is 1.95. The lowest BCUT2D eigenvalue weighted by atomic mass is 10.2. The Labute approximate surface area is 122 Å². The zero-order valence-electron chi connectivity index (χ0n) is 11.5. The minimum atomic E-state index is -0.224. The molecule has 3 rings (SSSR count). The smallest absolute Gasteiger partial charge is 0.274 e. The Morgan fingerprint density at radius 3 is 2.52 bits per heavy atom. The molecule has 0 spiro atoms. The Hall–Kier alpha value is -2.95. The lowest BCUT2D eigenvalue weighted by Crippen LogP contribution is -2.13. The first kappa shape index (κ1) is 13.1. The summed E-state index contributed by atoms with van der Waals surface area (Å²) in [5, 5.41) is 7.15. The number of nitrogens with zero attached hydrogens (tertiary/aromatic N) is 3. The number of carbonyl (C=O) groups excluding carboxylic acids is 1. The topological polar surface area (TPSA) is 59.8 Å². The fourth-order valence-corrected chi connectivity index (χ4v) is 1.95. The van der Waals surface area contributed by atoms with Crippen LogP contribution in [-0.2, 0) is 0 Å². The molecule has 21 heavy (non-hydrogen) atoms. The van der Waals surface area contributed by atoms with Gasteiger partial charge < -0.3 is 5.32 Å². The average molecular weight is 278 g/mol. The summed E-state index contributed by atoms with van der Waals surface area (Å²) >= 11 is 0. The molecule has 0 fully saturated rings. The van der Waals surface area contributed by atoms with Crippen LogP contribution in [0.5, 0.6) is 0 Å². The largest absolute Gasteiger partial charge is 0.321 e. The van der Waals surface area contributed by atoms with E-state index in [0.29, 0.717) is 5.69 Å². The number of carbonyl (C=O) groups is 1. The number of benzene rings is 1. The van der Waals surface area contributed by atoms with E-state index in [2.05, 4.69) is 15.4 Å². The van der Waals surface area contributed by atoms with Crippen molar-refractivity contribution in [2.24, 2.45) is 0 Å². The van der Waals surface area contributed by atoms with Gasteiger partial charge in [0, 0.05) is 18.1 Å². The summed E-state index contributed by atoms with van der Waals surface area (Å²) in [5.74, 6) is -0.224. The van der Waals surface area contributed by atoms with Crippen molar-refractivity contribution in [2.45, 2.75) is 6.92 Å². The van der Waals surface area contributed by atoms with Crippen LogP contribution in [0.15, 0.2) is 60.9 Å². The molecule has 0 radical (unpaired) electrons. The monoisotopic (exact) mass is 278 g/mol. The predicted octanol–water partition coefficient (Wildman–Crippen LogP) is 2.83. The Morgan fingerprint density at radius 1 is 1.10 bits per heavy atom. The number of aromatic nitrogens is 3. The zero-order valence-corrected chi connectivity index (χ0v) is 11.5. The summed E-state index contributed by atoms with van der Waals surface area (Å²) in [6.07, 6.45) is 3.49. The Balaban J connectivity index is 1.74. The quantitative estimate of drug-likeness (QED) is 0.801. The van der Waals surface area contributed by atoms with Gasteiger partial charge in [0.1, 0.15) is 5.69 Å². The summed E-state index contributed by atoms with van der Waals surface area (Å²) in [4.78, 5) is 16.0. The molecular formula is C16H14N4O. The molecule has 0 unspecified atom stereocenters. The molecule has 0 saturated heterocycles. The highest BCUT2D eigenvalue weighted by Crippen LogP contribution is 2.14. The van der Waals surface area contributed by atoms with Gasteiger partial charge >= 0.3 is 0 Å². The van der Waals surface area contributed by atoms with E-state index in [1.54, 1.807) is 29.1 Å². The van der Waals surface area contributed by atoms with Gasteiger partial charge in [0.2, 0.25) is 0 Å². The maximum atomic E-state index is 12.0. The molecule has 0 bridgehead atoms. The molecule has 5 nitrogen and oxygen atoms in total. The number of amides is 1. The van der Waals surface area contributed by atoms with Gasteiger partial charge in [-0.15, -0.1) is 0 Å². The molecule has 3 aromatic rings. The maximum Gasteiger partial charge on any atom is 0.274 e. The van der Waals surface area contributed by atoms with Crippen molar-refractivity contribution in [3.05, 3.63) is 72.3 Å². The second-order valence-corrected chi connectivity index (χ2v) is 4.62. The molecule has 0 aliphatic rings. The minimum Gasteiger partial charge on any atom is -0.321 e. The van der Waals surface area contributed by atoms with E-state index < -0.39 is 0 Å². The van der Waals surface area contributed by atoms with Crippen LogP contribution in [0.2, 0.25) is 0 Å². The summed E-state index contributed by atoms with van der Waals surface area (Å²) in [6.45, 7) is 1.94. The Bertz CT molecular complexity index is 747. The van der Waals surface area contributed by atoms with Crippen LogP contribution in [0, 0.1) is 6.92 Å². The van der Waals surface area contributed by atoms with E-state index in [1.807, 2.05) is 43.5 Å². The van der Waals surface area contributed by atoms with Crippen LogP contribution in [0.1, 0.15) is 16.2 Å². The van der Waals surface area contributed by atoms with Crippen molar-refractivity contribution in [2.75, 3.05) is 5.32 Å². The number of pyridine rings is 1. The minimum absolute atomic E-state index is 0.224. The van der Waals surface area contributed by atoms with Crippen molar-refractivity contribution >= 4 is 11.6 Å². The lowest BCUT2D eigenvalue weighted by Gasteiger charge is -2.06. The molecule has 2 aromatic heterocycles. The second kappa shape index (κ2) is 5.58. The Morgan fingerprint density at radius 2 is 1.90 bits per heavy atom. The van der Waals surface area contributed by atoms with E-state index in [0.717, 1.165) is 17.1 Å². The first-order valence-corrected chi connectivity index (χ1v) is 6.57. The van der Waals surface area contributed by atoms with Crippen molar-refractivity contribution in [1.82, 2.24) is 14.8 Å². The number of aryl methyl sites for hydroxylation is 1. The molecule has 0 atom stereocenters. The van der Waals surface area contributed by atoms with Gasteiger partial charge in [-0.2, -0.15) is 5.10 Å². The third-order valence-corrected chi connectivity index (χ3v) is 3.01. The summed E-state index contributed by atoms with van der Waals surface area (Å²) < 4.78 is 1.79. The molecule has 104 valence electrons. The first-order chi connectivity index (χ1) is 10.2. The van der Waals surface area contributed by atoms with Gasteiger partial charge in [-0.05, 0) is 49.4 Å². The fraction of sp³-hybridized carbons (Fsp3) is 0.0625. The molecule has 1 N–H and O–H groups in total. The van der Waals surface area contributed by atoms with Gasteiger partial charge in [0.25, 0.3) is 5.91 Å². The first-order valence-electron chi connectivity index (χ1n) is 6.57. The summed E-state index contributed by atoms with van der Waals surface area (Å²) in [7, 11) is 0. The molecule has 1 aromatic carbocycles.